The molecule has 0 aliphatic heterocycles. The molecule has 0 fully saturated rings. The van der Waals surface area contributed by atoms with Crippen LogP contribution in [0.4, 0.5) is 0 Å². The van der Waals surface area contributed by atoms with E-state index in [0.29, 0.717) is 13.0 Å². The number of hydrogen-bond donors (Lipinski definition) is 2. The minimum absolute atomic E-state index is 0.0522. The lowest BCUT2D eigenvalue weighted by molar-refractivity contribution is -0.131. The maximum atomic E-state index is 11.7. The summed E-state index contributed by atoms with van der Waals surface area (Å²) in [4.78, 5) is 13.4. The molecule has 0 saturated carbocycles. The van der Waals surface area contributed by atoms with Crippen LogP contribution >= 0.6 is 0 Å². The second-order valence-electron chi connectivity index (χ2n) is 3.56. The van der Waals surface area contributed by atoms with E-state index >= 15 is 0 Å². The normalized spacial score (nSPS) is 10.3. The Morgan fingerprint density at radius 1 is 1.33 bits per heavy atom. The molecule has 0 saturated heterocycles. The van der Waals surface area contributed by atoms with Gasteiger partial charge in [0.15, 0.2) is 0 Å². The van der Waals surface area contributed by atoms with Gasteiger partial charge in [0.1, 0.15) is 0 Å². The van der Waals surface area contributed by atoms with Gasteiger partial charge in [0, 0.05) is 26.1 Å². The minimum Gasteiger partial charge on any atom is -0.395 e. The number of nitrogens with one attached hydrogen (secondary N) is 1. The number of unbranched alkanes of at least 4 members (excludes halogenated alkanes) is 1. The SMILES string of the molecule is CCCCN(CCO)C(=O)CCNCC. The van der Waals surface area contributed by atoms with Crippen molar-refractivity contribution in [2.45, 2.75) is 33.1 Å². The largest absolute Gasteiger partial charge is 0.395 e. The Kier molecular flexibility index (Phi) is 9.52. The van der Waals surface area contributed by atoms with Crippen molar-refractivity contribution in [1.82, 2.24) is 10.2 Å². The highest BCUT2D eigenvalue weighted by molar-refractivity contribution is 5.76. The average Bonchev–Trinajstić information content (AvgIpc) is 2.24. The highest BCUT2D eigenvalue weighted by Gasteiger charge is 2.11. The molecule has 2 N–H and O–H groups in total. The van der Waals surface area contributed by atoms with E-state index in [-0.39, 0.29) is 12.5 Å². The van der Waals surface area contributed by atoms with Gasteiger partial charge in [-0.25, -0.2) is 0 Å². The molecule has 0 aromatic rings. The van der Waals surface area contributed by atoms with E-state index in [2.05, 4.69) is 12.2 Å². The van der Waals surface area contributed by atoms with Gasteiger partial charge < -0.3 is 15.3 Å². The summed E-state index contributed by atoms with van der Waals surface area (Å²) >= 11 is 0. The monoisotopic (exact) mass is 216 g/mol. The predicted molar refractivity (Wildman–Crippen MR) is 61.7 cm³/mol. The van der Waals surface area contributed by atoms with Crippen molar-refractivity contribution in [3.8, 4) is 0 Å². The van der Waals surface area contributed by atoms with Crippen LogP contribution < -0.4 is 5.32 Å². The summed E-state index contributed by atoms with van der Waals surface area (Å²) in [5.74, 6) is 0.137. The molecule has 0 rings (SSSR count). The van der Waals surface area contributed by atoms with Crippen LogP contribution in [0.3, 0.4) is 0 Å². The lowest BCUT2D eigenvalue weighted by atomic mass is 10.3. The summed E-state index contributed by atoms with van der Waals surface area (Å²) in [6.07, 6.45) is 2.60. The van der Waals surface area contributed by atoms with Crippen molar-refractivity contribution in [3.05, 3.63) is 0 Å². The van der Waals surface area contributed by atoms with Crippen LogP contribution in [0.2, 0.25) is 0 Å². The average molecular weight is 216 g/mol. The van der Waals surface area contributed by atoms with Crippen molar-refractivity contribution in [2.24, 2.45) is 0 Å². The maximum absolute atomic E-state index is 11.7. The third kappa shape index (κ3) is 7.33. The Morgan fingerprint density at radius 2 is 2.07 bits per heavy atom. The van der Waals surface area contributed by atoms with Gasteiger partial charge in [-0.15, -0.1) is 0 Å². The smallest absolute Gasteiger partial charge is 0.223 e. The van der Waals surface area contributed by atoms with Crippen molar-refractivity contribution < 1.29 is 9.90 Å². The Morgan fingerprint density at radius 3 is 2.60 bits per heavy atom. The van der Waals surface area contributed by atoms with Crippen LogP contribution in [-0.2, 0) is 4.79 Å². The van der Waals surface area contributed by atoms with Crippen molar-refractivity contribution in [3.63, 3.8) is 0 Å². The van der Waals surface area contributed by atoms with E-state index in [0.717, 1.165) is 32.5 Å². The molecular formula is C11H24N2O2. The van der Waals surface area contributed by atoms with E-state index in [9.17, 15) is 4.79 Å². The second kappa shape index (κ2) is 9.93. The molecule has 4 nitrogen and oxygen atoms in total. The molecular weight excluding hydrogens is 192 g/mol. The molecule has 0 aromatic carbocycles. The quantitative estimate of drug-likeness (QED) is 0.555. The fourth-order valence-corrected chi connectivity index (χ4v) is 1.36. The van der Waals surface area contributed by atoms with E-state index in [1.54, 1.807) is 4.90 Å². The Bertz CT molecular complexity index is 163. The van der Waals surface area contributed by atoms with E-state index in [4.69, 9.17) is 5.11 Å². The lowest BCUT2D eigenvalue weighted by Gasteiger charge is -2.21. The van der Waals surface area contributed by atoms with Gasteiger partial charge in [-0.05, 0) is 13.0 Å². The summed E-state index contributed by atoms with van der Waals surface area (Å²) < 4.78 is 0. The molecule has 0 heterocycles. The summed E-state index contributed by atoms with van der Waals surface area (Å²) in [5, 5.41) is 12.0. The van der Waals surface area contributed by atoms with Crippen LogP contribution in [0.15, 0.2) is 0 Å². The third-order valence-electron chi connectivity index (χ3n) is 2.27. The first kappa shape index (κ1) is 14.4. The lowest BCUT2D eigenvalue weighted by Crippen LogP contribution is -2.36. The first-order chi connectivity index (χ1) is 7.26. The van der Waals surface area contributed by atoms with Crippen molar-refractivity contribution in [2.75, 3.05) is 32.8 Å². The molecule has 0 unspecified atom stereocenters. The zero-order valence-electron chi connectivity index (χ0n) is 9.96. The molecule has 0 aromatic heterocycles. The summed E-state index contributed by atoms with van der Waals surface area (Å²) in [5.41, 5.74) is 0. The second-order valence-corrected chi connectivity index (χ2v) is 3.56. The zero-order chi connectivity index (χ0) is 11.5. The van der Waals surface area contributed by atoms with Crippen LogP contribution in [-0.4, -0.2) is 48.7 Å². The molecule has 15 heavy (non-hydrogen) atoms. The standard InChI is InChI=1S/C11H24N2O2/c1-3-5-8-13(9-10-14)11(15)6-7-12-4-2/h12,14H,3-10H2,1-2H3. The fraction of sp³-hybridized carbons (Fsp3) is 0.909. The molecule has 0 bridgehead atoms. The van der Waals surface area contributed by atoms with Crippen molar-refractivity contribution >= 4 is 5.91 Å². The van der Waals surface area contributed by atoms with Crippen LogP contribution in [0.25, 0.3) is 0 Å². The first-order valence-electron chi connectivity index (χ1n) is 5.85. The highest BCUT2D eigenvalue weighted by atomic mass is 16.3. The number of hydrogen-bond acceptors (Lipinski definition) is 3. The fourth-order valence-electron chi connectivity index (χ4n) is 1.36. The number of carbonyl (C=O) groups excluding carboxylic acids is 1. The van der Waals surface area contributed by atoms with E-state index in [1.807, 2.05) is 6.92 Å². The molecule has 0 atom stereocenters. The minimum atomic E-state index is 0.0522. The number of nitrogens with zero attached hydrogens (tertiary/aromatic N) is 1. The number of carbonyl (C=O) groups is 1. The molecule has 0 spiro atoms. The molecule has 90 valence electrons. The maximum Gasteiger partial charge on any atom is 0.223 e. The summed E-state index contributed by atoms with van der Waals surface area (Å²) in [7, 11) is 0. The van der Waals surface area contributed by atoms with Gasteiger partial charge in [0.2, 0.25) is 5.91 Å². The topological polar surface area (TPSA) is 52.6 Å². The zero-order valence-corrected chi connectivity index (χ0v) is 9.96. The molecule has 4 heteroatoms. The van der Waals surface area contributed by atoms with Gasteiger partial charge in [-0.2, -0.15) is 0 Å². The molecule has 0 aliphatic rings. The number of aliphatic hydroxyl groups is 1. The number of aliphatic hydroxyl groups excluding tert-OH is 1. The Hall–Kier alpha value is -0.610. The third-order valence-corrected chi connectivity index (χ3v) is 2.27. The summed E-state index contributed by atoms with van der Waals surface area (Å²) in [6, 6.07) is 0. The van der Waals surface area contributed by atoms with Gasteiger partial charge in [-0.1, -0.05) is 20.3 Å². The Labute approximate surface area is 92.7 Å². The molecule has 0 aliphatic carbocycles. The van der Waals surface area contributed by atoms with Gasteiger partial charge >= 0.3 is 0 Å². The van der Waals surface area contributed by atoms with Crippen LogP contribution in [0, 0.1) is 0 Å². The van der Waals surface area contributed by atoms with Gasteiger partial charge in [0.05, 0.1) is 6.61 Å². The molecule has 0 radical (unpaired) electrons. The molecule has 1 amide bonds. The van der Waals surface area contributed by atoms with E-state index < -0.39 is 0 Å². The predicted octanol–water partition coefficient (Wildman–Crippen LogP) is 0.607. The van der Waals surface area contributed by atoms with Crippen molar-refractivity contribution in [1.29, 1.82) is 0 Å². The first-order valence-corrected chi connectivity index (χ1v) is 5.85. The van der Waals surface area contributed by atoms with Gasteiger partial charge in [-0.3, -0.25) is 4.79 Å². The number of amides is 1. The Balaban J connectivity index is 3.81. The highest BCUT2D eigenvalue weighted by Crippen LogP contribution is 1.98. The van der Waals surface area contributed by atoms with Gasteiger partial charge in [0.25, 0.3) is 0 Å². The van der Waals surface area contributed by atoms with Crippen LogP contribution in [0.1, 0.15) is 33.1 Å². The van der Waals surface area contributed by atoms with E-state index in [1.165, 1.54) is 0 Å². The van der Waals surface area contributed by atoms with Crippen LogP contribution in [0.5, 0.6) is 0 Å². The number of rotatable bonds is 9. The summed E-state index contributed by atoms with van der Waals surface area (Å²) in [6.45, 7) is 7.02.